The Morgan fingerprint density at radius 2 is 1.75 bits per heavy atom. The number of carbonyl (C=O) groups excluding carboxylic acids is 2. The van der Waals surface area contributed by atoms with Crippen LogP contribution in [0.2, 0.25) is 0 Å². The molecule has 6 nitrogen and oxygen atoms in total. The number of aryl methyl sites for hydroxylation is 1. The van der Waals surface area contributed by atoms with Gasteiger partial charge in [-0.15, -0.1) is 0 Å². The van der Waals surface area contributed by atoms with Crippen LogP contribution in [-0.2, 0) is 9.59 Å². The topological polar surface area (TPSA) is 67.9 Å². The van der Waals surface area contributed by atoms with Gasteiger partial charge >= 0.3 is 0 Å². The standard InChI is InChI=1S/C21H23BrN2O4/c1-14-9-16(22)6-7-19(14)23-20(25)13-24(2)21(26)8-5-15-10-17(27-3)12-18(11-15)28-4/h5-12H,13H2,1-4H3,(H,23,25)/b8-5+. The van der Waals surface area contributed by atoms with Crippen LogP contribution in [0, 0.1) is 6.92 Å². The van der Waals surface area contributed by atoms with E-state index >= 15 is 0 Å². The molecule has 0 atom stereocenters. The molecule has 1 N–H and O–H groups in total. The van der Waals surface area contributed by atoms with E-state index in [0.717, 1.165) is 15.6 Å². The van der Waals surface area contributed by atoms with Gasteiger partial charge in [-0.25, -0.2) is 0 Å². The molecular weight excluding hydrogens is 424 g/mol. The van der Waals surface area contributed by atoms with Crippen LogP contribution in [0.15, 0.2) is 46.9 Å². The van der Waals surface area contributed by atoms with Crippen molar-refractivity contribution in [3.63, 3.8) is 0 Å². The predicted octanol–water partition coefficient (Wildman–Crippen LogP) is 3.89. The SMILES string of the molecule is COc1cc(/C=C/C(=O)N(C)CC(=O)Nc2ccc(Br)cc2C)cc(OC)c1. The zero-order valence-electron chi connectivity index (χ0n) is 16.3. The molecule has 0 aliphatic carbocycles. The molecule has 0 aliphatic heterocycles. The summed E-state index contributed by atoms with van der Waals surface area (Å²) in [5.41, 5.74) is 2.41. The number of nitrogens with zero attached hydrogens (tertiary/aromatic N) is 1. The van der Waals surface area contributed by atoms with Crippen LogP contribution in [-0.4, -0.2) is 44.5 Å². The van der Waals surface area contributed by atoms with Crippen LogP contribution in [0.5, 0.6) is 11.5 Å². The third-order valence-electron chi connectivity index (χ3n) is 4.01. The van der Waals surface area contributed by atoms with Gasteiger partial charge in [-0.3, -0.25) is 9.59 Å². The second-order valence-corrected chi connectivity index (χ2v) is 7.10. The van der Waals surface area contributed by atoms with Crippen molar-refractivity contribution in [3.8, 4) is 11.5 Å². The van der Waals surface area contributed by atoms with Crippen LogP contribution in [0.4, 0.5) is 5.69 Å². The van der Waals surface area contributed by atoms with Crippen molar-refractivity contribution < 1.29 is 19.1 Å². The number of hydrogen-bond donors (Lipinski definition) is 1. The molecule has 2 rings (SSSR count). The second kappa shape index (κ2) is 9.94. The van der Waals surface area contributed by atoms with Gasteiger partial charge in [0.2, 0.25) is 11.8 Å². The number of halogens is 1. The van der Waals surface area contributed by atoms with E-state index in [-0.39, 0.29) is 18.4 Å². The van der Waals surface area contributed by atoms with Crippen molar-refractivity contribution in [2.75, 3.05) is 33.1 Å². The third kappa shape index (κ3) is 6.13. The molecule has 0 unspecified atom stereocenters. The molecule has 0 radical (unpaired) electrons. The zero-order chi connectivity index (χ0) is 20.7. The highest BCUT2D eigenvalue weighted by Crippen LogP contribution is 2.23. The number of nitrogens with one attached hydrogen (secondary N) is 1. The van der Waals surface area contributed by atoms with E-state index < -0.39 is 0 Å². The average Bonchev–Trinajstić information content (AvgIpc) is 2.67. The van der Waals surface area contributed by atoms with E-state index in [9.17, 15) is 9.59 Å². The minimum atomic E-state index is -0.288. The molecular formula is C21H23BrN2O4. The first-order valence-corrected chi connectivity index (χ1v) is 9.34. The number of likely N-dealkylation sites (N-methyl/N-ethyl adjacent to an activating group) is 1. The lowest BCUT2D eigenvalue weighted by Crippen LogP contribution is -2.34. The van der Waals surface area contributed by atoms with Gasteiger partial charge in [0.05, 0.1) is 20.8 Å². The summed E-state index contributed by atoms with van der Waals surface area (Å²) in [4.78, 5) is 25.9. The summed E-state index contributed by atoms with van der Waals surface area (Å²) in [6.07, 6.45) is 3.06. The van der Waals surface area contributed by atoms with Crippen LogP contribution in [0.1, 0.15) is 11.1 Å². The maximum Gasteiger partial charge on any atom is 0.246 e. The first kappa shape index (κ1) is 21.5. The molecule has 148 valence electrons. The van der Waals surface area contributed by atoms with Crippen LogP contribution >= 0.6 is 15.9 Å². The molecule has 0 saturated carbocycles. The van der Waals surface area contributed by atoms with Crippen LogP contribution < -0.4 is 14.8 Å². The van der Waals surface area contributed by atoms with E-state index in [4.69, 9.17) is 9.47 Å². The molecule has 0 bridgehead atoms. The second-order valence-electron chi connectivity index (χ2n) is 6.18. The Morgan fingerprint density at radius 3 is 2.32 bits per heavy atom. The fourth-order valence-electron chi connectivity index (χ4n) is 2.47. The first-order valence-electron chi connectivity index (χ1n) is 8.54. The molecule has 0 fully saturated rings. The predicted molar refractivity (Wildman–Crippen MR) is 114 cm³/mol. The number of ether oxygens (including phenoxy) is 2. The molecule has 0 aromatic heterocycles. The maximum atomic E-state index is 12.3. The van der Waals surface area contributed by atoms with E-state index in [2.05, 4.69) is 21.2 Å². The van der Waals surface area contributed by atoms with Gasteiger partial charge in [-0.2, -0.15) is 0 Å². The van der Waals surface area contributed by atoms with Gasteiger partial charge in [0.25, 0.3) is 0 Å². The minimum Gasteiger partial charge on any atom is -0.497 e. The van der Waals surface area contributed by atoms with Crippen LogP contribution in [0.3, 0.4) is 0 Å². The number of methoxy groups -OCH3 is 2. The number of amides is 2. The fourth-order valence-corrected chi connectivity index (χ4v) is 2.95. The molecule has 2 amide bonds. The lowest BCUT2D eigenvalue weighted by atomic mass is 10.2. The Kier molecular flexibility index (Phi) is 7.63. The van der Waals surface area contributed by atoms with Crippen molar-refractivity contribution in [1.29, 1.82) is 0 Å². The Balaban J connectivity index is 1.98. The van der Waals surface area contributed by atoms with E-state index in [1.807, 2.05) is 25.1 Å². The highest BCUT2D eigenvalue weighted by Gasteiger charge is 2.12. The third-order valence-corrected chi connectivity index (χ3v) is 4.50. The molecule has 28 heavy (non-hydrogen) atoms. The Labute approximate surface area is 173 Å². The van der Waals surface area contributed by atoms with Crippen molar-refractivity contribution in [1.82, 2.24) is 4.90 Å². The number of carbonyl (C=O) groups is 2. The number of benzene rings is 2. The molecule has 0 spiro atoms. The highest BCUT2D eigenvalue weighted by molar-refractivity contribution is 9.10. The lowest BCUT2D eigenvalue weighted by molar-refractivity contribution is -0.129. The summed E-state index contributed by atoms with van der Waals surface area (Å²) < 4.78 is 11.4. The minimum absolute atomic E-state index is 0.0554. The maximum absolute atomic E-state index is 12.3. The molecule has 2 aromatic carbocycles. The van der Waals surface area contributed by atoms with Crippen molar-refractivity contribution in [2.24, 2.45) is 0 Å². The average molecular weight is 447 g/mol. The van der Waals surface area contributed by atoms with Gasteiger partial charge in [-0.05, 0) is 54.5 Å². The normalized spacial score (nSPS) is 10.6. The van der Waals surface area contributed by atoms with Crippen molar-refractivity contribution >= 4 is 39.5 Å². The number of rotatable bonds is 7. The summed E-state index contributed by atoms with van der Waals surface area (Å²) in [6.45, 7) is 1.85. The fraction of sp³-hybridized carbons (Fsp3) is 0.238. The van der Waals surface area contributed by atoms with Gasteiger partial charge in [0.15, 0.2) is 0 Å². The monoisotopic (exact) mass is 446 g/mol. The van der Waals surface area contributed by atoms with Crippen LogP contribution in [0.25, 0.3) is 6.08 Å². The Bertz CT molecular complexity index is 874. The Morgan fingerprint density at radius 1 is 1.11 bits per heavy atom. The van der Waals surface area contributed by atoms with Gasteiger partial charge < -0.3 is 19.7 Å². The van der Waals surface area contributed by atoms with Gasteiger partial charge in [-0.1, -0.05) is 15.9 Å². The summed E-state index contributed by atoms with van der Waals surface area (Å²) in [7, 11) is 4.70. The lowest BCUT2D eigenvalue weighted by Gasteiger charge is -2.16. The summed E-state index contributed by atoms with van der Waals surface area (Å²) in [5.74, 6) is 0.704. The number of anilines is 1. The first-order chi connectivity index (χ1) is 13.3. The summed E-state index contributed by atoms with van der Waals surface area (Å²) in [5, 5.41) is 2.82. The summed E-state index contributed by atoms with van der Waals surface area (Å²) >= 11 is 3.39. The van der Waals surface area contributed by atoms with E-state index in [1.54, 1.807) is 45.5 Å². The number of hydrogen-bond acceptors (Lipinski definition) is 4. The van der Waals surface area contributed by atoms with Gasteiger partial charge in [0.1, 0.15) is 11.5 Å². The molecule has 0 heterocycles. The quantitative estimate of drug-likeness (QED) is 0.655. The van der Waals surface area contributed by atoms with Crippen molar-refractivity contribution in [2.45, 2.75) is 6.92 Å². The van der Waals surface area contributed by atoms with Gasteiger partial charge in [0, 0.05) is 29.4 Å². The van der Waals surface area contributed by atoms with E-state index in [1.165, 1.54) is 11.0 Å². The molecule has 7 heteroatoms. The largest absolute Gasteiger partial charge is 0.497 e. The summed E-state index contributed by atoms with van der Waals surface area (Å²) in [6, 6.07) is 10.9. The highest BCUT2D eigenvalue weighted by atomic mass is 79.9. The smallest absolute Gasteiger partial charge is 0.246 e. The Hall–Kier alpha value is -2.80. The van der Waals surface area contributed by atoms with Crippen molar-refractivity contribution in [3.05, 3.63) is 58.1 Å². The molecule has 0 aliphatic rings. The zero-order valence-corrected chi connectivity index (χ0v) is 17.9. The van der Waals surface area contributed by atoms with E-state index in [0.29, 0.717) is 17.2 Å². The molecule has 0 saturated heterocycles. The molecule has 2 aromatic rings.